The van der Waals surface area contributed by atoms with E-state index in [1.54, 1.807) is 34.0 Å². The van der Waals surface area contributed by atoms with Crippen molar-refractivity contribution in [2.24, 2.45) is 17.8 Å². The Morgan fingerprint density at radius 3 is 2.55 bits per heavy atom. The summed E-state index contributed by atoms with van der Waals surface area (Å²) in [5, 5.41) is 14.8. The Balaban J connectivity index is 1.40. The van der Waals surface area contributed by atoms with E-state index in [-0.39, 0.29) is 29.7 Å². The molecule has 0 aromatic carbocycles. The fourth-order valence-electron chi connectivity index (χ4n) is 6.39. The molecule has 4 aliphatic rings. The van der Waals surface area contributed by atoms with Gasteiger partial charge in [-0.25, -0.2) is 13.8 Å². The third kappa shape index (κ3) is 4.20. The van der Waals surface area contributed by atoms with Crippen LogP contribution in [0.1, 0.15) is 63.2 Å². The monoisotopic (exact) mass is 454 g/mol. The Labute approximate surface area is 192 Å². The van der Waals surface area contributed by atoms with Crippen molar-refractivity contribution in [3.63, 3.8) is 0 Å². The highest BCUT2D eigenvalue weighted by Gasteiger charge is 2.56. The minimum absolute atomic E-state index is 0.000915. The molecule has 176 valence electrons. The first kappa shape index (κ1) is 21.9. The molecule has 2 N–H and O–H groups in total. The van der Waals surface area contributed by atoms with E-state index in [4.69, 9.17) is 0 Å². The summed E-state index contributed by atoms with van der Waals surface area (Å²) in [5.41, 5.74) is -1.22. The molecule has 2 unspecified atom stereocenters. The van der Waals surface area contributed by atoms with Crippen molar-refractivity contribution in [1.29, 1.82) is 0 Å². The van der Waals surface area contributed by atoms with Crippen LogP contribution >= 0.6 is 0 Å². The van der Waals surface area contributed by atoms with E-state index >= 15 is 4.39 Å². The van der Waals surface area contributed by atoms with Crippen molar-refractivity contribution in [3.05, 3.63) is 36.3 Å². The van der Waals surface area contributed by atoms with Crippen LogP contribution in [0.2, 0.25) is 0 Å². The highest BCUT2D eigenvalue weighted by molar-refractivity contribution is 5.97. The van der Waals surface area contributed by atoms with E-state index < -0.39 is 11.2 Å². The molecule has 2 atom stereocenters. The van der Waals surface area contributed by atoms with Crippen LogP contribution in [0.5, 0.6) is 0 Å². The molecule has 6 rings (SSSR count). The van der Waals surface area contributed by atoms with Crippen molar-refractivity contribution in [2.75, 3.05) is 0 Å². The number of hydrogen-bond acceptors (Lipinski definition) is 4. The molecule has 9 heteroatoms. The molecule has 2 aromatic rings. The second-order valence-corrected chi connectivity index (χ2v) is 10.6. The summed E-state index contributed by atoms with van der Waals surface area (Å²) in [6.07, 6.45) is 12.3. The van der Waals surface area contributed by atoms with Gasteiger partial charge in [0.25, 0.3) is 5.91 Å². The van der Waals surface area contributed by atoms with Gasteiger partial charge < -0.3 is 10.6 Å². The molecule has 2 aromatic heterocycles. The summed E-state index contributed by atoms with van der Waals surface area (Å²) < 4.78 is 18.2. The van der Waals surface area contributed by atoms with Crippen LogP contribution in [-0.2, 0) is 4.79 Å². The number of carbonyl (C=O) groups excluding carboxylic acids is 2. The lowest BCUT2D eigenvalue weighted by Crippen LogP contribution is -2.60. The van der Waals surface area contributed by atoms with E-state index in [9.17, 15) is 9.59 Å². The fraction of sp³-hybridized carbons (Fsp3) is 0.583. The summed E-state index contributed by atoms with van der Waals surface area (Å²) in [6.45, 7) is 5.22. The van der Waals surface area contributed by atoms with Crippen molar-refractivity contribution in [3.8, 4) is 5.82 Å². The molecule has 0 saturated heterocycles. The van der Waals surface area contributed by atoms with Crippen LogP contribution in [0.3, 0.4) is 0 Å². The Bertz CT molecular complexity index is 1070. The van der Waals surface area contributed by atoms with E-state index in [0.717, 1.165) is 12.8 Å². The first-order chi connectivity index (χ1) is 15.6. The minimum Gasteiger partial charge on any atom is -0.349 e. The van der Waals surface area contributed by atoms with Gasteiger partial charge in [0.1, 0.15) is 11.2 Å². The average Bonchev–Trinajstić information content (AvgIpc) is 3.36. The van der Waals surface area contributed by atoms with Gasteiger partial charge in [0.15, 0.2) is 5.82 Å². The number of aromatic nitrogens is 4. The van der Waals surface area contributed by atoms with Gasteiger partial charge in [-0.1, -0.05) is 0 Å². The Morgan fingerprint density at radius 1 is 1.21 bits per heavy atom. The normalized spacial score (nSPS) is 30.7. The standard InChI is InChI=1S/C24H31FN6O2/c1-15(32)29-23(2,3)5-8-31-22(30-7-4-6-26-30)19(14-27-31)21(33)28-20-17-9-16-10-18(20)13-24(25,11-16)12-17/h4-8,14,16-18,20H,9-13H2,1-3H3,(H,28,33)(H,29,32). The van der Waals surface area contributed by atoms with Crippen molar-refractivity contribution in [1.82, 2.24) is 30.2 Å². The predicted molar refractivity (Wildman–Crippen MR) is 121 cm³/mol. The quantitative estimate of drug-likeness (QED) is 0.701. The van der Waals surface area contributed by atoms with Gasteiger partial charge in [-0.15, -0.1) is 0 Å². The highest BCUT2D eigenvalue weighted by Crippen LogP contribution is 2.57. The summed E-state index contributed by atoms with van der Waals surface area (Å²) in [7, 11) is 0. The van der Waals surface area contributed by atoms with Crippen LogP contribution in [0.15, 0.2) is 30.7 Å². The number of rotatable bonds is 6. The molecule has 2 amide bonds. The van der Waals surface area contributed by atoms with E-state index in [0.29, 0.717) is 36.6 Å². The number of carbonyl (C=O) groups is 2. The van der Waals surface area contributed by atoms with Crippen molar-refractivity contribution in [2.45, 2.75) is 70.1 Å². The van der Waals surface area contributed by atoms with Gasteiger partial charge in [-0.05, 0) is 75.8 Å². The zero-order chi connectivity index (χ0) is 23.4. The van der Waals surface area contributed by atoms with Crippen LogP contribution in [-0.4, -0.2) is 48.6 Å². The van der Waals surface area contributed by atoms with Crippen LogP contribution in [0.25, 0.3) is 12.0 Å². The molecule has 0 spiro atoms. The number of alkyl halides is 1. The summed E-state index contributed by atoms with van der Waals surface area (Å²) >= 11 is 0. The third-order valence-corrected chi connectivity index (χ3v) is 7.36. The molecule has 33 heavy (non-hydrogen) atoms. The van der Waals surface area contributed by atoms with Crippen LogP contribution in [0.4, 0.5) is 4.39 Å². The lowest BCUT2D eigenvalue weighted by atomic mass is 9.53. The fourth-order valence-corrected chi connectivity index (χ4v) is 6.39. The van der Waals surface area contributed by atoms with Crippen LogP contribution < -0.4 is 10.6 Å². The molecule has 4 aliphatic carbocycles. The number of halogens is 1. The molecule has 4 bridgehead atoms. The Hall–Kier alpha value is -2.97. The van der Waals surface area contributed by atoms with E-state index in [2.05, 4.69) is 20.8 Å². The number of nitrogens with zero attached hydrogens (tertiary/aromatic N) is 4. The maximum atomic E-state index is 15.1. The Morgan fingerprint density at radius 2 is 1.94 bits per heavy atom. The molecule has 0 radical (unpaired) electrons. The molecule has 4 fully saturated rings. The van der Waals surface area contributed by atoms with Crippen LogP contribution in [0, 0.1) is 17.8 Å². The van der Waals surface area contributed by atoms with Gasteiger partial charge in [0.05, 0.1) is 11.7 Å². The second-order valence-electron chi connectivity index (χ2n) is 10.6. The number of nitrogens with one attached hydrogen (secondary N) is 2. The molecule has 2 heterocycles. The zero-order valence-corrected chi connectivity index (χ0v) is 19.3. The van der Waals surface area contributed by atoms with Crippen molar-refractivity contribution >= 4 is 18.0 Å². The molecular formula is C24H31FN6O2. The summed E-state index contributed by atoms with van der Waals surface area (Å²) in [5.74, 6) is 1.02. The maximum absolute atomic E-state index is 15.1. The maximum Gasteiger partial charge on any atom is 0.257 e. The Kier molecular flexibility index (Phi) is 5.17. The molecule has 0 aliphatic heterocycles. The summed E-state index contributed by atoms with van der Waals surface area (Å²) in [6, 6.07) is 1.78. The van der Waals surface area contributed by atoms with E-state index in [1.165, 1.54) is 13.1 Å². The van der Waals surface area contributed by atoms with Gasteiger partial charge >= 0.3 is 0 Å². The smallest absolute Gasteiger partial charge is 0.257 e. The average molecular weight is 455 g/mol. The third-order valence-electron chi connectivity index (χ3n) is 7.36. The van der Waals surface area contributed by atoms with Gasteiger partial charge in [0.2, 0.25) is 5.91 Å². The van der Waals surface area contributed by atoms with Crippen molar-refractivity contribution < 1.29 is 14.0 Å². The highest BCUT2D eigenvalue weighted by atomic mass is 19.1. The number of amides is 2. The lowest BCUT2D eigenvalue weighted by Gasteiger charge is -2.56. The molecular weight excluding hydrogens is 423 g/mol. The first-order valence-corrected chi connectivity index (χ1v) is 11.7. The second kappa shape index (κ2) is 7.81. The predicted octanol–water partition coefficient (Wildman–Crippen LogP) is 3.10. The first-order valence-electron chi connectivity index (χ1n) is 11.7. The number of hydrogen-bond donors (Lipinski definition) is 2. The molecule has 8 nitrogen and oxygen atoms in total. The van der Waals surface area contributed by atoms with Gasteiger partial charge in [-0.2, -0.15) is 10.2 Å². The minimum atomic E-state index is -1.03. The zero-order valence-electron chi connectivity index (χ0n) is 19.3. The topological polar surface area (TPSA) is 93.8 Å². The molecule has 4 saturated carbocycles. The summed E-state index contributed by atoms with van der Waals surface area (Å²) in [4.78, 5) is 24.9. The van der Waals surface area contributed by atoms with Gasteiger partial charge in [0, 0.05) is 31.6 Å². The van der Waals surface area contributed by atoms with E-state index in [1.807, 2.05) is 19.9 Å². The largest absolute Gasteiger partial charge is 0.349 e. The van der Waals surface area contributed by atoms with Gasteiger partial charge in [-0.3, -0.25) is 9.59 Å². The lowest BCUT2D eigenvalue weighted by molar-refractivity contribution is -0.120. The SMILES string of the molecule is CC(=O)NC(C)(C)C=Cn1ncc(C(=O)NC2C3CC4CC2CC(F)(C4)C3)c1-n1cccn1.